The van der Waals surface area contributed by atoms with Gasteiger partial charge in [-0.05, 0) is 18.6 Å². The van der Waals surface area contributed by atoms with Crippen LogP contribution in [0.15, 0.2) is 24.5 Å². The van der Waals surface area contributed by atoms with Crippen LogP contribution in [0.3, 0.4) is 0 Å². The fourth-order valence-corrected chi connectivity index (χ4v) is 2.09. The van der Waals surface area contributed by atoms with Crippen molar-refractivity contribution in [2.45, 2.75) is 71.0 Å². The minimum absolute atomic E-state index is 0.682. The minimum Gasteiger partial charge on any atom is -0.465 e. The van der Waals surface area contributed by atoms with Gasteiger partial charge in [0.2, 0.25) is 0 Å². The smallest absolute Gasteiger partial charge is 0.197 e. The second-order valence-electron chi connectivity index (χ2n) is 5.02. The minimum atomic E-state index is -0.692. The van der Waals surface area contributed by atoms with Crippen LogP contribution in [-0.2, 0) is 0 Å². The van der Waals surface area contributed by atoms with Crippen LogP contribution in [-0.4, -0.2) is 16.4 Å². The number of nitrogens with zero attached hydrogens (tertiary/aromatic N) is 1. The van der Waals surface area contributed by atoms with Crippen molar-refractivity contribution in [1.29, 1.82) is 0 Å². The maximum atomic E-state index is 9.73. The van der Waals surface area contributed by atoms with E-state index in [1.54, 1.807) is 24.5 Å². The van der Waals surface area contributed by atoms with Crippen molar-refractivity contribution in [2.75, 3.05) is 0 Å². The predicted molar refractivity (Wildman–Crippen MR) is 78.1 cm³/mol. The predicted octanol–water partition coefficient (Wildman–Crippen LogP) is 4.31. The van der Waals surface area contributed by atoms with E-state index in [1.807, 2.05) is 0 Å². The van der Waals surface area contributed by atoms with Gasteiger partial charge in [0.25, 0.3) is 0 Å². The van der Waals surface area contributed by atoms with E-state index in [0.29, 0.717) is 12.2 Å². The van der Waals surface area contributed by atoms with Gasteiger partial charge in [0.1, 0.15) is 5.75 Å². The summed E-state index contributed by atoms with van der Waals surface area (Å²) in [5.41, 5.74) is 0. The Balaban J connectivity index is 1.94. The maximum absolute atomic E-state index is 9.73. The molecule has 0 aliphatic heterocycles. The standard InChI is InChI=1S/C16H27NO2/c1-2-3-4-5-6-7-8-9-10-16(18)19-15-11-13-17-14-12-15/h11-14,16,18H,2-10H2,1H3. The van der Waals surface area contributed by atoms with Gasteiger partial charge in [-0.2, -0.15) is 0 Å². The van der Waals surface area contributed by atoms with Gasteiger partial charge in [-0.25, -0.2) is 0 Å². The van der Waals surface area contributed by atoms with Crippen molar-refractivity contribution in [3.63, 3.8) is 0 Å². The third kappa shape index (κ3) is 8.60. The van der Waals surface area contributed by atoms with Crippen LogP contribution in [0.2, 0.25) is 0 Å². The van der Waals surface area contributed by atoms with E-state index in [1.165, 1.54) is 44.9 Å². The lowest BCUT2D eigenvalue weighted by Gasteiger charge is -2.12. The lowest BCUT2D eigenvalue weighted by atomic mass is 10.1. The Kier molecular flexibility index (Phi) is 9.07. The summed E-state index contributed by atoms with van der Waals surface area (Å²) in [6.07, 6.45) is 13.5. The molecule has 0 aromatic carbocycles. The van der Waals surface area contributed by atoms with Crippen LogP contribution in [0, 0.1) is 0 Å². The molecule has 1 atom stereocenters. The number of hydrogen-bond acceptors (Lipinski definition) is 3. The molecule has 0 bridgehead atoms. The Morgan fingerprint density at radius 1 is 1.00 bits per heavy atom. The van der Waals surface area contributed by atoms with E-state index in [0.717, 1.165) is 6.42 Å². The number of rotatable bonds is 11. The Bertz CT molecular complexity index is 303. The molecular weight excluding hydrogens is 238 g/mol. The molecule has 108 valence electrons. The van der Waals surface area contributed by atoms with Crippen LogP contribution >= 0.6 is 0 Å². The Morgan fingerprint density at radius 2 is 1.58 bits per heavy atom. The highest BCUT2D eigenvalue weighted by Crippen LogP contribution is 2.14. The monoisotopic (exact) mass is 265 g/mol. The van der Waals surface area contributed by atoms with Gasteiger partial charge in [-0.3, -0.25) is 4.98 Å². The summed E-state index contributed by atoms with van der Waals surface area (Å²) in [7, 11) is 0. The summed E-state index contributed by atoms with van der Waals surface area (Å²) in [6, 6.07) is 3.52. The summed E-state index contributed by atoms with van der Waals surface area (Å²) >= 11 is 0. The van der Waals surface area contributed by atoms with Crippen LogP contribution in [0.25, 0.3) is 0 Å². The number of unbranched alkanes of at least 4 members (excludes halogenated alkanes) is 7. The van der Waals surface area contributed by atoms with Crippen molar-refractivity contribution in [3.8, 4) is 5.75 Å². The number of ether oxygens (including phenoxy) is 1. The van der Waals surface area contributed by atoms with Crippen LogP contribution in [0.5, 0.6) is 5.75 Å². The highest BCUT2D eigenvalue weighted by molar-refractivity contribution is 5.16. The van der Waals surface area contributed by atoms with Gasteiger partial charge in [-0.15, -0.1) is 0 Å². The zero-order chi connectivity index (χ0) is 13.8. The topological polar surface area (TPSA) is 42.4 Å². The third-order valence-corrected chi connectivity index (χ3v) is 3.23. The van der Waals surface area contributed by atoms with Gasteiger partial charge in [0, 0.05) is 18.8 Å². The van der Waals surface area contributed by atoms with Crippen LogP contribution in [0.1, 0.15) is 64.7 Å². The largest absolute Gasteiger partial charge is 0.465 e. The maximum Gasteiger partial charge on any atom is 0.197 e. The van der Waals surface area contributed by atoms with Crippen molar-refractivity contribution in [3.05, 3.63) is 24.5 Å². The summed E-state index contributed by atoms with van der Waals surface area (Å²) in [4.78, 5) is 3.91. The molecule has 0 saturated carbocycles. The van der Waals surface area contributed by atoms with Crippen molar-refractivity contribution in [1.82, 2.24) is 4.98 Å². The van der Waals surface area contributed by atoms with Crippen molar-refractivity contribution >= 4 is 0 Å². The number of pyridine rings is 1. The van der Waals surface area contributed by atoms with Gasteiger partial charge in [-0.1, -0.05) is 51.9 Å². The second kappa shape index (κ2) is 10.8. The molecule has 0 amide bonds. The number of aliphatic hydroxyl groups is 1. The summed E-state index contributed by atoms with van der Waals surface area (Å²) in [6.45, 7) is 2.24. The summed E-state index contributed by atoms with van der Waals surface area (Å²) in [5.74, 6) is 0.682. The number of aromatic nitrogens is 1. The first-order valence-corrected chi connectivity index (χ1v) is 7.57. The molecule has 19 heavy (non-hydrogen) atoms. The first-order chi connectivity index (χ1) is 9.33. The Morgan fingerprint density at radius 3 is 2.21 bits per heavy atom. The second-order valence-corrected chi connectivity index (χ2v) is 5.02. The van der Waals surface area contributed by atoms with E-state index in [-0.39, 0.29) is 0 Å². The molecule has 0 spiro atoms. The Hall–Kier alpha value is -1.09. The molecule has 0 radical (unpaired) electrons. The molecule has 0 aliphatic rings. The van der Waals surface area contributed by atoms with E-state index in [2.05, 4.69) is 11.9 Å². The SMILES string of the molecule is CCCCCCCCCCC(O)Oc1ccncc1. The first-order valence-electron chi connectivity index (χ1n) is 7.57. The summed E-state index contributed by atoms with van der Waals surface area (Å²) in [5, 5.41) is 9.73. The highest BCUT2D eigenvalue weighted by Gasteiger charge is 2.05. The van der Waals surface area contributed by atoms with Gasteiger partial charge < -0.3 is 9.84 Å². The fraction of sp³-hybridized carbons (Fsp3) is 0.688. The van der Waals surface area contributed by atoms with Crippen LogP contribution < -0.4 is 4.74 Å². The molecule has 3 nitrogen and oxygen atoms in total. The lowest BCUT2D eigenvalue weighted by Crippen LogP contribution is -2.15. The van der Waals surface area contributed by atoms with Crippen molar-refractivity contribution < 1.29 is 9.84 Å². The molecule has 0 aliphatic carbocycles. The fourth-order valence-electron chi connectivity index (χ4n) is 2.09. The van der Waals surface area contributed by atoms with Crippen LogP contribution in [0.4, 0.5) is 0 Å². The molecule has 3 heteroatoms. The molecule has 1 N–H and O–H groups in total. The van der Waals surface area contributed by atoms with E-state index in [9.17, 15) is 5.11 Å². The normalized spacial score (nSPS) is 12.3. The first kappa shape index (κ1) is 16.0. The van der Waals surface area contributed by atoms with E-state index in [4.69, 9.17) is 4.74 Å². The summed E-state index contributed by atoms with van der Waals surface area (Å²) < 4.78 is 5.39. The lowest BCUT2D eigenvalue weighted by molar-refractivity contribution is -0.0246. The average Bonchev–Trinajstić information content (AvgIpc) is 2.43. The number of hydrogen-bond donors (Lipinski definition) is 1. The molecule has 0 saturated heterocycles. The molecule has 1 aromatic rings. The molecule has 1 heterocycles. The molecule has 1 aromatic heterocycles. The Labute approximate surface area is 117 Å². The zero-order valence-electron chi connectivity index (χ0n) is 12.1. The van der Waals surface area contributed by atoms with Crippen molar-refractivity contribution in [2.24, 2.45) is 0 Å². The number of aliphatic hydroxyl groups excluding tert-OH is 1. The van der Waals surface area contributed by atoms with Gasteiger partial charge in [0.15, 0.2) is 6.29 Å². The third-order valence-electron chi connectivity index (χ3n) is 3.23. The zero-order valence-corrected chi connectivity index (χ0v) is 12.1. The van der Waals surface area contributed by atoms with Gasteiger partial charge in [0.05, 0.1) is 0 Å². The quantitative estimate of drug-likeness (QED) is 0.479. The average molecular weight is 265 g/mol. The highest BCUT2D eigenvalue weighted by atomic mass is 16.6. The molecule has 1 unspecified atom stereocenters. The molecule has 1 rings (SSSR count). The van der Waals surface area contributed by atoms with Gasteiger partial charge >= 0.3 is 0 Å². The van der Waals surface area contributed by atoms with E-state index < -0.39 is 6.29 Å². The molecule has 0 fully saturated rings. The molecular formula is C16H27NO2. The van der Waals surface area contributed by atoms with E-state index >= 15 is 0 Å².